The van der Waals surface area contributed by atoms with Gasteiger partial charge in [-0.2, -0.15) is 0 Å². The Bertz CT molecular complexity index is 969. The lowest BCUT2D eigenvalue weighted by Gasteiger charge is -2.29. The lowest BCUT2D eigenvalue weighted by Crippen LogP contribution is -2.45. The number of nitrogens with one attached hydrogen (secondary N) is 2. The number of furan rings is 1. The van der Waals surface area contributed by atoms with E-state index in [1.807, 2.05) is 0 Å². The zero-order valence-electron chi connectivity index (χ0n) is 15.5. The molecule has 2 aromatic rings. The summed E-state index contributed by atoms with van der Waals surface area (Å²) >= 11 is 0. The van der Waals surface area contributed by atoms with Crippen molar-refractivity contribution in [1.29, 1.82) is 0 Å². The Hall–Kier alpha value is -2.85. The van der Waals surface area contributed by atoms with Crippen LogP contribution < -0.4 is 19.7 Å². The second-order valence-corrected chi connectivity index (χ2v) is 8.24. The summed E-state index contributed by atoms with van der Waals surface area (Å²) in [6, 6.07) is 7.34. The van der Waals surface area contributed by atoms with Crippen LogP contribution in [0, 0.1) is 0 Å². The molecule has 1 aromatic carbocycles. The number of hydrogen-bond donors (Lipinski definition) is 2. The first kappa shape index (κ1) is 19.9. The van der Waals surface area contributed by atoms with Gasteiger partial charge in [-0.3, -0.25) is 14.5 Å². The van der Waals surface area contributed by atoms with Gasteiger partial charge in [0.05, 0.1) is 23.4 Å². The van der Waals surface area contributed by atoms with Crippen molar-refractivity contribution in [3.63, 3.8) is 0 Å². The minimum Gasteiger partial charge on any atom is -0.482 e. The smallest absolute Gasteiger partial charge is 0.265 e. The number of anilines is 1. The summed E-state index contributed by atoms with van der Waals surface area (Å²) in [5.41, 5.74) is 0.232. The van der Waals surface area contributed by atoms with E-state index in [0.717, 1.165) is 0 Å². The van der Waals surface area contributed by atoms with E-state index in [1.165, 1.54) is 29.4 Å². The maximum atomic E-state index is 12.4. The molecule has 10 heteroatoms. The molecule has 2 N–H and O–H groups in total. The third-order valence-electron chi connectivity index (χ3n) is 3.92. The molecule has 150 valence electrons. The molecule has 0 bridgehead atoms. The van der Waals surface area contributed by atoms with Crippen molar-refractivity contribution in [3.8, 4) is 5.75 Å². The van der Waals surface area contributed by atoms with Gasteiger partial charge in [0.2, 0.25) is 15.9 Å². The average Bonchev–Trinajstić information content (AvgIpc) is 3.14. The van der Waals surface area contributed by atoms with E-state index >= 15 is 0 Å². The van der Waals surface area contributed by atoms with Gasteiger partial charge in [-0.05, 0) is 44.2 Å². The van der Waals surface area contributed by atoms with E-state index in [9.17, 15) is 18.0 Å². The van der Waals surface area contributed by atoms with Crippen LogP contribution in [0.4, 0.5) is 5.69 Å². The Morgan fingerprint density at radius 2 is 2.07 bits per heavy atom. The zero-order chi connectivity index (χ0) is 20.3. The summed E-state index contributed by atoms with van der Waals surface area (Å²) in [5.74, 6) is 0.0651. The van der Waals surface area contributed by atoms with Crippen molar-refractivity contribution in [2.24, 2.45) is 0 Å². The molecular weight excluding hydrogens is 386 g/mol. The topological polar surface area (TPSA) is 118 Å². The maximum absolute atomic E-state index is 12.4. The van der Waals surface area contributed by atoms with Crippen LogP contribution in [0.1, 0.15) is 19.6 Å². The summed E-state index contributed by atoms with van der Waals surface area (Å²) in [5, 5.41) is 2.66. The largest absolute Gasteiger partial charge is 0.482 e. The van der Waals surface area contributed by atoms with Gasteiger partial charge in [0.15, 0.2) is 6.61 Å². The minimum absolute atomic E-state index is 0.0146. The third kappa shape index (κ3) is 4.52. The van der Waals surface area contributed by atoms with Crippen LogP contribution in [-0.2, 0) is 26.2 Å². The van der Waals surface area contributed by atoms with Gasteiger partial charge < -0.3 is 14.5 Å². The molecule has 2 amide bonds. The molecule has 0 atom stereocenters. The molecule has 0 radical (unpaired) electrons. The lowest BCUT2D eigenvalue weighted by molar-refractivity contribution is -0.125. The van der Waals surface area contributed by atoms with Crippen LogP contribution in [0.2, 0.25) is 0 Å². The van der Waals surface area contributed by atoms with Crippen LogP contribution in [0.3, 0.4) is 0 Å². The average molecular weight is 407 g/mol. The third-order valence-corrected chi connectivity index (χ3v) is 5.57. The maximum Gasteiger partial charge on any atom is 0.265 e. The number of carbonyl (C=O) groups is 2. The van der Waals surface area contributed by atoms with E-state index in [-0.39, 0.29) is 36.3 Å². The zero-order valence-corrected chi connectivity index (χ0v) is 16.3. The number of hydrogen-bond acceptors (Lipinski definition) is 6. The molecule has 0 fully saturated rings. The molecule has 3 rings (SSSR count). The highest BCUT2D eigenvalue weighted by Gasteiger charge is 2.29. The Morgan fingerprint density at radius 3 is 2.75 bits per heavy atom. The molecule has 0 saturated heterocycles. The van der Waals surface area contributed by atoms with Gasteiger partial charge in [0.1, 0.15) is 18.1 Å². The van der Waals surface area contributed by atoms with E-state index in [1.54, 1.807) is 26.0 Å². The molecular formula is C18H21N3O6S. The molecule has 1 aliphatic heterocycles. The fourth-order valence-corrected chi connectivity index (χ4v) is 3.97. The van der Waals surface area contributed by atoms with Gasteiger partial charge >= 0.3 is 0 Å². The molecule has 1 aliphatic rings. The number of nitrogens with zero attached hydrogens (tertiary/aromatic N) is 1. The van der Waals surface area contributed by atoms with Crippen LogP contribution in [0.5, 0.6) is 5.75 Å². The summed E-state index contributed by atoms with van der Waals surface area (Å²) in [7, 11) is -3.76. The van der Waals surface area contributed by atoms with Gasteiger partial charge in [0, 0.05) is 6.04 Å². The Balaban J connectivity index is 1.80. The SMILES string of the molecule is CC(C)NS(=O)(=O)c1ccc2c(c1)N(CC(=O)NCc1ccco1)C(=O)CO2. The second-order valence-electron chi connectivity index (χ2n) is 6.53. The summed E-state index contributed by atoms with van der Waals surface area (Å²) in [4.78, 5) is 25.8. The highest BCUT2D eigenvalue weighted by Crippen LogP contribution is 2.34. The number of carbonyl (C=O) groups excluding carboxylic acids is 2. The number of fused-ring (bicyclic) bond motifs is 1. The monoisotopic (exact) mass is 407 g/mol. The van der Waals surface area contributed by atoms with Crippen LogP contribution in [0.25, 0.3) is 0 Å². The lowest BCUT2D eigenvalue weighted by atomic mass is 10.2. The molecule has 9 nitrogen and oxygen atoms in total. The van der Waals surface area contributed by atoms with Gasteiger partial charge in [0.25, 0.3) is 5.91 Å². The predicted octanol–water partition coefficient (Wildman–Crippen LogP) is 1.01. The molecule has 0 unspecified atom stereocenters. The number of rotatable bonds is 7. The Kier molecular flexibility index (Phi) is 5.71. The van der Waals surface area contributed by atoms with Crippen molar-refractivity contribution in [2.75, 3.05) is 18.1 Å². The number of benzene rings is 1. The van der Waals surface area contributed by atoms with E-state index in [2.05, 4.69) is 10.0 Å². The summed E-state index contributed by atoms with van der Waals surface area (Å²) < 4.78 is 37.8. The first-order valence-electron chi connectivity index (χ1n) is 8.65. The fraction of sp³-hybridized carbons (Fsp3) is 0.333. The predicted molar refractivity (Wildman–Crippen MR) is 100 cm³/mol. The molecule has 1 aromatic heterocycles. The molecule has 2 heterocycles. The highest BCUT2D eigenvalue weighted by molar-refractivity contribution is 7.89. The summed E-state index contributed by atoms with van der Waals surface area (Å²) in [6.07, 6.45) is 1.50. The fourth-order valence-electron chi connectivity index (χ4n) is 2.70. The van der Waals surface area contributed by atoms with Gasteiger partial charge in [-0.1, -0.05) is 0 Å². The van der Waals surface area contributed by atoms with E-state index < -0.39 is 21.8 Å². The Morgan fingerprint density at radius 1 is 1.29 bits per heavy atom. The molecule has 28 heavy (non-hydrogen) atoms. The number of amides is 2. The van der Waals surface area contributed by atoms with Crippen molar-refractivity contribution >= 4 is 27.5 Å². The first-order valence-corrected chi connectivity index (χ1v) is 10.1. The second kappa shape index (κ2) is 8.03. The molecule has 0 aliphatic carbocycles. The first-order chi connectivity index (χ1) is 13.3. The highest BCUT2D eigenvalue weighted by atomic mass is 32.2. The van der Waals surface area contributed by atoms with E-state index in [0.29, 0.717) is 11.5 Å². The summed E-state index contributed by atoms with van der Waals surface area (Å²) in [6.45, 7) is 3.10. The van der Waals surface area contributed by atoms with Crippen molar-refractivity contribution in [1.82, 2.24) is 10.0 Å². The van der Waals surface area contributed by atoms with Crippen molar-refractivity contribution in [3.05, 3.63) is 42.4 Å². The van der Waals surface area contributed by atoms with Crippen molar-refractivity contribution < 1.29 is 27.2 Å². The normalized spacial score (nSPS) is 14.0. The van der Waals surface area contributed by atoms with Crippen LogP contribution in [-0.4, -0.2) is 39.4 Å². The van der Waals surface area contributed by atoms with Gasteiger partial charge in [-0.25, -0.2) is 13.1 Å². The standard InChI is InChI=1S/C18H21N3O6S/c1-12(2)20-28(24,25)14-5-6-16-15(8-14)21(18(23)11-27-16)10-17(22)19-9-13-4-3-7-26-13/h3-8,12,20H,9-11H2,1-2H3,(H,19,22). The van der Waals surface area contributed by atoms with E-state index in [4.69, 9.17) is 9.15 Å². The van der Waals surface area contributed by atoms with Crippen LogP contribution in [0.15, 0.2) is 45.9 Å². The number of sulfonamides is 1. The number of ether oxygens (including phenoxy) is 1. The quantitative estimate of drug-likeness (QED) is 0.707. The van der Waals surface area contributed by atoms with Gasteiger partial charge in [-0.15, -0.1) is 0 Å². The van der Waals surface area contributed by atoms with Crippen molar-refractivity contribution in [2.45, 2.75) is 31.3 Å². The molecule has 0 saturated carbocycles. The molecule has 0 spiro atoms. The Labute approximate surface area is 162 Å². The van der Waals surface area contributed by atoms with Crippen LogP contribution >= 0.6 is 0 Å². The minimum atomic E-state index is -3.76.